The van der Waals surface area contributed by atoms with Gasteiger partial charge in [0.1, 0.15) is 0 Å². The molecule has 0 amide bonds. The van der Waals surface area contributed by atoms with Crippen molar-refractivity contribution in [3.05, 3.63) is 48.1 Å². The van der Waals surface area contributed by atoms with Crippen molar-refractivity contribution in [1.29, 1.82) is 0 Å². The standard InChI is InChI=1S/C19H19F3N4O2/c20-19(21,22)24-13-4-6-14(7-5-13)26-16-8-3-12(17(27)28)11-15(16)23-18(26)25-9-1-2-10-25/h3-8,11,15-16,24H,1-2,9-10H2,(H,27,28). The van der Waals surface area contributed by atoms with Crippen molar-refractivity contribution in [1.82, 2.24) is 4.90 Å². The minimum Gasteiger partial charge on any atom is -0.478 e. The third kappa shape index (κ3) is 3.56. The predicted molar refractivity (Wildman–Crippen MR) is 99.3 cm³/mol. The van der Waals surface area contributed by atoms with Crippen LogP contribution < -0.4 is 10.2 Å². The summed E-state index contributed by atoms with van der Waals surface area (Å²) in [5.74, 6) is -0.273. The summed E-state index contributed by atoms with van der Waals surface area (Å²) in [5.41, 5.74) is 0.860. The van der Waals surface area contributed by atoms with E-state index in [4.69, 9.17) is 4.99 Å². The van der Waals surface area contributed by atoms with Gasteiger partial charge in [-0.05, 0) is 49.3 Å². The number of hydrogen-bond acceptors (Lipinski definition) is 5. The number of carboxylic acids is 1. The summed E-state index contributed by atoms with van der Waals surface area (Å²) in [6.45, 7) is 1.70. The third-order valence-corrected chi connectivity index (χ3v) is 5.02. The molecule has 1 aliphatic carbocycles. The van der Waals surface area contributed by atoms with E-state index in [-0.39, 0.29) is 23.3 Å². The van der Waals surface area contributed by atoms with Gasteiger partial charge < -0.3 is 14.9 Å². The summed E-state index contributed by atoms with van der Waals surface area (Å²) in [6, 6.07) is 5.43. The van der Waals surface area contributed by atoms with Crippen LogP contribution in [-0.4, -0.2) is 53.4 Å². The Morgan fingerprint density at radius 2 is 1.86 bits per heavy atom. The molecule has 0 spiro atoms. The second kappa shape index (κ2) is 6.88. The van der Waals surface area contributed by atoms with Crippen molar-refractivity contribution < 1.29 is 23.1 Å². The first-order chi connectivity index (χ1) is 13.3. The monoisotopic (exact) mass is 392 g/mol. The van der Waals surface area contributed by atoms with Gasteiger partial charge in [0, 0.05) is 24.5 Å². The Labute approximate surface area is 159 Å². The van der Waals surface area contributed by atoms with E-state index in [2.05, 4.69) is 4.90 Å². The molecule has 0 aromatic heterocycles. The number of nitrogens with one attached hydrogen (secondary N) is 1. The minimum atomic E-state index is -4.49. The molecule has 28 heavy (non-hydrogen) atoms. The molecule has 1 aromatic rings. The van der Waals surface area contributed by atoms with E-state index in [9.17, 15) is 23.1 Å². The van der Waals surface area contributed by atoms with E-state index in [0.29, 0.717) is 5.69 Å². The van der Waals surface area contributed by atoms with Crippen molar-refractivity contribution in [3.63, 3.8) is 0 Å². The Balaban J connectivity index is 1.65. The van der Waals surface area contributed by atoms with Gasteiger partial charge in [-0.15, -0.1) is 0 Å². The molecule has 0 radical (unpaired) electrons. The number of likely N-dealkylation sites (tertiary alicyclic amines) is 1. The lowest BCUT2D eigenvalue weighted by Crippen LogP contribution is -2.45. The molecule has 148 valence electrons. The van der Waals surface area contributed by atoms with Crippen molar-refractivity contribution in [2.75, 3.05) is 23.3 Å². The van der Waals surface area contributed by atoms with E-state index in [0.717, 1.165) is 31.9 Å². The highest BCUT2D eigenvalue weighted by atomic mass is 19.4. The van der Waals surface area contributed by atoms with Crippen LogP contribution in [0.5, 0.6) is 0 Å². The molecule has 2 N–H and O–H groups in total. The number of nitrogens with zero attached hydrogens (tertiary/aromatic N) is 3. The van der Waals surface area contributed by atoms with Crippen LogP contribution >= 0.6 is 0 Å². The predicted octanol–water partition coefficient (Wildman–Crippen LogP) is 3.21. The van der Waals surface area contributed by atoms with Gasteiger partial charge in [0.15, 0.2) is 0 Å². The van der Waals surface area contributed by atoms with Crippen molar-refractivity contribution in [2.24, 2.45) is 4.99 Å². The van der Waals surface area contributed by atoms with Crippen molar-refractivity contribution in [3.8, 4) is 0 Å². The maximum Gasteiger partial charge on any atom is 0.482 e. The molecule has 1 fully saturated rings. The van der Waals surface area contributed by atoms with E-state index in [1.807, 2.05) is 4.90 Å². The quantitative estimate of drug-likeness (QED) is 0.774. The number of anilines is 2. The van der Waals surface area contributed by atoms with Crippen LogP contribution in [0, 0.1) is 0 Å². The molecule has 0 bridgehead atoms. The molecule has 4 rings (SSSR count). The molecular weight excluding hydrogens is 373 g/mol. The van der Waals surface area contributed by atoms with Crippen LogP contribution in [0.2, 0.25) is 0 Å². The second-order valence-electron chi connectivity index (χ2n) is 6.93. The van der Waals surface area contributed by atoms with Crippen LogP contribution in [0.3, 0.4) is 0 Å². The average molecular weight is 392 g/mol. The molecule has 2 atom stereocenters. The number of carboxylic acid groups (broad SMARTS) is 1. The normalized spacial score (nSPS) is 24.1. The number of guanidine groups is 1. The highest BCUT2D eigenvalue weighted by molar-refractivity contribution is 6.01. The Hall–Kier alpha value is -2.97. The molecule has 0 saturated carbocycles. The van der Waals surface area contributed by atoms with E-state index in [1.54, 1.807) is 30.4 Å². The Kier molecular flexibility index (Phi) is 4.52. The first-order valence-electron chi connectivity index (χ1n) is 9.02. The molecule has 3 aliphatic rings. The van der Waals surface area contributed by atoms with E-state index >= 15 is 0 Å². The van der Waals surface area contributed by atoms with Gasteiger partial charge in [0.2, 0.25) is 5.96 Å². The highest BCUT2D eigenvalue weighted by Crippen LogP contribution is 2.33. The zero-order chi connectivity index (χ0) is 19.9. The van der Waals surface area contributed by atoms with E-state index < -0.39 is 12.3 Å². The summed E-state index contributed by atoms with van der Waals surface area (Å²) < 4.78 is 37.6. The summed E-state index contributed by atoms with van der Waals surface area (Å²) in [7, 11) is 0. The van der Waals surface area contributed by atoms with Crippen LogP contribution in [0.15, 0.2) is 53.1 Å². The molecule has 2 aliphatic heterocycles. The summed E-state index contributed by atoms with van der Waals surface area (Å²) in [6.07, 6.45) is 2.57. The topological polar surface area (TPSA) is 68.2 Å². The fourth-order valence-electron chi connectivity index (χ4n) is 3.79. The molecule has 1 saturated heterocycles. The fraction of sp³-hybridized carbons (Fsp3) is 0.368. The van der Waals surface area contributed by atoms with Gasteiger partial charge in [-0.2, -0.15) is 13.2 Å². The van der Waals surface area contributed by atoms with Gasteiger partial charge in [0.25, 0.3) is 0 Å². The summed E-state index contributed by atoms with van der Waals surface area (Å²) >= 11 is 0. The largest absolute Gasteiger partial charge is 0.482 e. The van der Waals surface area contributed by atoms with Gasteiger partial charge in [0.05, 0.1) is 17.7 Å². The fourth-order valence-corrected chi connectivity index (χ4v) is 3.79. The maximum absolute atomic E-state index is 12.5. The number of halogens is 3. The number of rotatable bonds is 3. The minimum absolute atomic E-state index is 0.0427. The smallest absolute Gasteiger partial charge is 0.478 e. The summed E-state index contributed by atoms with van der Waals surface area (Å²) in [5, 5.41) is 10.7. The molecular formula is C19H19F3N4O2. The lowest BCUT2D eigenvalue weighted by molar-refractivity contribution is -0.132. The molecule has 6 nitrogen and oxygen atoms in total. The Morgan fingerprint density at radius 3 is 2.46 bits per heavy atom. The van der Waals surface area contributed by atoms with Crippen LogP contribution in [-0.2, 0) is 4.79 Å². The highest BCUT2D eigenvalue weighted by Gasteiger charge is 2.39. The lowest BCUT2D eigenvalue weighted by Gasteiger charge is -2.32. The van der Waals surface area contributed by atoms with Crippen LogP contribution in [0.1, 0.15) is 12.8 Å². The number of alkyl halides is 3. The second-order valence-corrected chi connectivity index (χ2v) is 6.93. The lowest BCUT2D eigenvalue weighted by atomic mass is 9.98. The van der Waals surface area contributed by atoms with Gasteiger partial charge in [-0.3, -0.25) is 5.32 Å². The molecule has 2 unspecified atom stereocenters. The molecule has 9 heteroatoms. The first-order valence-corrected chi connectivity index (χ1v) is 9.02. The maximum atomic E-state index is 12.5. The van der Waals surface area contributed by atoms with Crippen LogP contribution in [0.4, 0.5) is 24.5 Å². The number of hydrogen-bond donors (Lipinski definition) is 2. The first kappa shape index (κ1) is 18.4. The summed E-state index contributed by atoms with van der Waals surface area (Å²) in [4.78, 5) is 20.2. The Bertz CT molecular complexity index is 855. The number of fused-ring (bicyclic) bond motifs is 1. The van der Waals surface area contributed by atoms with Crippen molar-refractivity contribution >= 4 is 23.3 Å². The number of aliphatic imine (C=N–C) groups is 1. The van der Waals surface area contributed by atoms with Crippen molar-refractivity contribution in [2.45, 2.75) is 31.2 Å². The third-order valence-electron chi connectivity index (χ3n) is 5.02. The number of aliphatic carboxylic acids is 1. The van der Waals surface area contributed by atoms with Gasteiger partial charge in [-0.25, -0.2) is 9.79 Å². The zero-order valence-corrected chi connectivity index (χ0v) is 14.9. The zero-order valence-electron chi connectivity index (χ0n) is 14.9. The number of benzene rings is 1. The molecule has 2 heterocycles. The Morgan fingerprint density at radius 1 is 1.18 bits per heavy atom. The van der Waals surface area contributed by atoms with Crippen LogP contribution in [0.25, 0.3) is 0 Å². The van der Waals surface area contributed by atoms with Gasteiger partial charge >= 0.3 is 12.3 Å². The number of carbonyl (C=O) groups is 1. The van der Waals surface area contributed by atoms with E-state index in [1.165, 1.54) is 17.4 Å². The average Bonchev–Trinajstić information content (AvgIpc) is 3.28. The van der Waals surface area contributed by atoms with Gasteiger partial charge in [-0.1, -0.05) is 6.08 Å². The SMILES string of the molecule is O=C(O)C1=CC2N=C(N3CCCC3)N(c3ccc(NC(F)(F)F)cc3)C2C=C1. The molecule has 1 aromatic carbocycles.